The van der Waals surface area contributed by atoms with Gasteiger partial charge in [0.05, 0.1) is 17.2 Å². The van der Waals surface area contributed by atoms with Gasteiger partial charge >= 0.3 is 0 Å². The van der Waals surface area contributed by atoms with Gasteiger partial charge in [0.1, 0.15) is 5.52 Å². The third-order valence-electron chi connectivity index (χ3n) is 3.10. The molecule has 4 aromatic rings. The highest BCUT2D eigenvalue weighted by atomic mass is 32.1. The number of fused-ring (bicyclic) bond motifs is 3. The Labute approximate surface area is 108 Å². The summed E-state index contributed by atoms with van der Waals surface area (Å²) in [6.45, 7) is 0. The van der Waals surface area contributed by atoms with Gasteiger partial charge in [-0.3, -0.25) is 4.57 Å². The van der Waals surface area contributed by atoms with Gasteiger partial charge in [0, 0.05) is 11.1 Å². The Morgan fingerprint density at radius 1 is 0.833 bits per heavy atom. The smallest absolute Gasteiger partial charge is 0.179 e. The SMILES string of the molecule is c1ccc(-n2c3ccccc3c3nsnc32)cc1. The Bertz CT molecular complexity index is 830. The largest absolute Gasteiger partial charge is 0.292 e. The first-order valence-corrected chi connectivity index (χ1v) is 6.45. The molecule has 0 saturated heterocycles. The van der Waals surface area contributed by atoms with E-state index < -0.39 is 0 Å². The van der Waals surface area contributed by atoms with Crippen molar-refractivity contribution in [2.75, 3.05) is 0 Å². The third kappa shape index (κ3) is 1.23. The van der Waals surface area contributed by atoms with Crippen molar-refractivity contribution in [1.29, 1.82) is 0 Å². The number of benzene rings is 2. The fourth-order valence-electron chi connectivity index (χ4n) is 2.32. The standard InChI is InChI=1S/C14H9N3S/c1-2-6-10(7-3-1)17-12-9-5-4-8-11(12)13-14(17)16-18-15-13/h1-9H. The van der Waals surface area contributed by atoms with E-state index in [0.29, 0.717) is 0 Å². The van der Waals surface area contributed by atoms with Gasteiger partial charge in [0.25, 0.3) is 0 Å². The minimum Gasteiger partial charge on any atom is -0.292 e. The molecule has 86 valence electrons. The van der Waals surface area contributed by atoms with Gasteiger partial charge in [-0.1, -0.05) is 36.4 Å². The Morgan fingerprint density at radius 3 is 2.50 bits per heavy atom. The van der Waals surface area contributed by atoms with Gasteiger partial charge in [-0.15, -0.1) is 0 Å². The van der Waals surface area contributed by atoms with E-state index in [4.69, 9.17) is 0 Å². The molecule has 0 aliphatic heterocycles. The molecule has 2 heterocycles. The normalized spacial score (nSPS) is 11.3. The van der Waals surface area contributed by atoms with Crippen molar-refractivity contribution < 1.29 is 0 Å². The Kier molecular flexibility index (Phi) is 1.98. The lowest BCUT2D eigenvalue weighted by Gasteiger charge is -2.04. The molecule has 3 nitrogen and oxygen atoms in total. The predicted molar refractivity (Wildman–Crippen MR) is 74.2 cm³/mol. The summed E-state index contributed by atoms with van der Waals surface area (Å²) in [4.78, 5) is 0. The van der Waals surface area contributed by atoms with E-state index in [0.717, 1.165) is 27.8 Å². The van der Waals surface area contributed by atoms with Gasteiger partial charge in [-0.05, 0) is 18.2 Å². The molecule has 0 atom stereocenters. The van der Waals surface area contributed by atoms with Crippen molar-refractivity contribution in [2.24, 2.45) is 0 Å². The minimum absolute atomic E-state index is 0.937. The van der Waals surface area contributed by atoms with Crippen molar-refractivity contribution in [3.63, 3.8) is 0 Å². The Morgan fingerprint density at radius 2 is 1.61 bits per heavy atom. The van der Waals surface area contributed by atoms with Crippen LogP contribution in [-0.4, -0.2) is 13.3 Å². The number of para-hydroxylation sites is 2. The molecule has 0 spiro atoms. The second kappa shape index (κ2) is 3.65. The Balaban J connectivity index is 2.22. The van der Waals surface area contributed by atoms with Crippen LogP contribution in [0.25, 0.3) is 27.8 Å². The van der Waals surface area contributed by atoms with Crippen molar-refractivity contribution in [1.82, 2.24) is 13.3 Å². The molecule has 0 aliphatic carbocycles. The van der Waals surface area contributed by atoms with Crippen molar-refractivity contribution in [3.05, 3.63) is 54.6 Å². The van der Waals surface area contributed by atoms with E-state index in [1.165, 1.54) is 11.7 Å². The van der Waals surface area contributed by atoms with E-state index >= 15 is 0 Å². The van der Waals surface area contributed by atoms with Gasteiger partial charge < -0.3 is 0 Å². The molecular formula is C14H9N3S. The zero-order valence-electron chi connectivity index (χ0n) is 9.45. The summed E-state index contributed by atoms with van der Waals surface area (Å²) in [6, 6.07) is 18.6. The monoisotopic (exact) mass is 251 g/mol. The molecule has 18 heavy (non-hydrogen) atoms. The van der Waals surface area contributed by atoms with E-state index in [1.54, 1.807) is 0 Å². The molecule has 0 unspecified atom stereocenters. The zero-order valence-corrected chi connectivity index (χ0v) is 10.3. The molecule has 0 amide bonds. The first-order valence-electron chi connectivity index (χ1n) is 5.72. The number of hydrogen-bond donors (Lipinski definition) is 0. The molecular weight excluding hydrogens is 242 g/mol. The van der Waals surface area contributed by atoms with Crippen LogP contribution >= 0.6 is 11.7 Å². The molecule has 0 saturated carbocycles. The summed E-state index contributed by atoms with van der Waals surface area (Å²) < 4.78 is 11.0. The van der Waals surface area contributed by atoms with Crippen LogP contribution < -0.4 is 0 Å². The number of rotatable bonds is 1. The van der Waals surface area contributed by atoms with Gasteiger partial charge in [0.2, 0.25) is 0 Å². The fourth-order valence-corrected chi connectivity index (χ4v) is 2.87. The van der Waals surface area contributed by atoms with E-state index in [2.05, 4.69) is 37.6 Å². The lowest BCUT2D eigenvalue weighted by molar-refractivity contribution is 1.16. The van der Waals surface area contributed by atoms with Crippen molar-refractivity contribution in [2.45, 2.75) is 0 Å². The molecule has 2 aromatic heterocycles. The number of aromatic nitrogens is 3. The van der Waals surface area contributed by atoms with Crippen LogP contribution in [0.3, 0.4) is 0 Å². The van der Waals surface area contributed by atoms with Crippen LogP contribution in [0.4, 0.5) is 0 Å². The Hall–Kier alpha value is -2.20. The molecule has 0 bridgehead atoms. The average molecular weight is 251 g/mol. The summed E-state index contributed by atoms with van der Waals surface area (Å²) in [6.07, 6.45) is 0. The lowest BCUT2D eigenvalue weighted by atomic mass is 10.2. The third-order valence-corrected chi connectivity index (χ3v) is 3.62. The summed E-state index contributed by atoms with van der Waals surface area (Å²) in [7, 11) is 0. The van der Waals surface area contributed by atoms with E-state index in [1.807, 2.05) is 30.3 Å². The first-order chi connectivity index (χ1) is 8.95. The second-order valence-corrected chi connectivity index (χ2v) is 4.65. The number of nitrogens with zero attached hydrogens (tertiary/aromatic N) is 3. The molecule has 0 aliphatic rings. The van der Waals surface area contributed by atoms with Crippen molar-refractivity contribution >= 4 is 33.8 Å². The van der Waals surface area contributed by atoms with Gasteiger partial charge in [0.15, 0.2) is 5.65 Å². The topological polar surface area (TPSA) is 30.7 Å². The maximum atomic E-state index is 4.43. The van der Waals surface area contributed by atoms with Crippen molar-refractivity contribution in [3.8, 4) is 5.69 Å². The summed E-state index contributed by atoms with van der Waals surface area (Å²) in [5.74, 6) is 0. The summed E-state index contributed by atoms with van der Waals surface area (Å²) >= 11 is 1.26. The lowest BCUT2D eigenvalue weighted by Crippen LogP contribution is -1.92. The molecule has 4 rings (SSSR count). The summed E-state index contributed by atoms with van der Waals surface area (Å²) in [5, 5.41) is 1.16. The molecule has 0 fully saturated rings. The van der Waals surface area contributed by atoms with Crippen LogP contribution in [0, 0.1) is 0 Å². The molecule has 0 N–H and O–H groups in total. The van der Waals surface area contributed by atoms with Crippen LogP contribution in [0.15, 0.2) is 54.6 Å². The van der Waals surface area contributed by atoms with Crippen LogP contribution in [0.2, 0.25) is 0 Å². The van der Waals surface area contributed by atoms with Crippen LogP contribution in [-0.2, 0) is 0 Å². The highest BCUT2D eigenvalue weighted by Gasteiger charge is 2.14. The van der Waals surface area contributed by atoms with Crippen LogP contribution in [0.1, 0.15) is 0 Å². The predicted octanol–water partition coefficient (Wildman–Crippen LogP) is 3.64. The zero-order chi connectivity index (χ0) is 11.9. The number of hydrogen-bond acceptors (Lipinski definition) is 3. The van der Waals surface area contributed by atoms with Gasteiger partial charge in [-0.25, -0.2) is 0 Å². The van der Waals surface area contributed by atoms with E-state index in [-0.39, 0.29) is 0 Å². The minimum atomic E-state index is 0.937. The quantitative estimate of drug-likeness (QED) is 0.517. The highest BCUT2D eigenvalue weighted by molar-refractivity contribution is 7.00. The first kappa shape index (κ1) is 9.79. The second-order valence-electron chi connectivity index (χ2n) is 4.12. The van der Waals surface area contributed by atoms with E-state index in [9.17, 15) is 0 Å². The maximum absolute atomic E-state index is 4.43. The van der Waals surface area contributed by atoms with Gasteiger partial charge in [-0.2, -0.15) is 8.75 Å². The molecule has 0 radical (unpaired) electrons. The van der Waals surface area contributed by atoms with Crippen LogP contribution in [0.5, 0.6) is 0 Å². The molecule has 2 aromatic carbocycles. The average Bonchev–Trinajstić information content (AvgIpc) is 2.99. The molecule has 4 heteroatoms. The maximum Gasteiger partial charge on any atom is 0.179 e. The highest BCUT2D eigenvalue weighted by Crippen LogP contribution is 2.30. The fraction of sp³-hybridized carbons (Fsp3) is 0. The summed E-state index contributed by atoms with van der Waals surface area (Å²) in [5.41, 5.74) is 4.20.